The molecule has 0 spiro atoms. The third kappa shape index (κ3) is 4.85. The molecule has 0 saturated heterocycles. The van der Waals surface area contributed by atoms with Gasteiger partial charge in [-0.1, -0.05) is 65.0 Å². The summed E-state index contributed by atoms with van der Waals surface area (Å²) in [4.78, 5) is 12.1. The van der Waals surface area contributed by atoms with Crippen molar-refractivity contribution in [3.63, 3.8) is 0 Å². The molecule has 0 saturated carbocycles. The second kappa shape index (κ2) is 7.52. The van der Waals surface area contributed by atoms with Crippen molar-refractivity contribution >= 4 is 11.6 Å². The molecule has 0 aliphatic carbocycles. The molecule has 0 bridgehead atoms. The number of carbonyl (C=O) groups is 1. The van der Waals surface area contributed by atoms with Gasteiger partial charge >= 0.3 is 0 Å². The van der Waals surface area contributed by atoms with Gasteiger partial charge in [0.2, 0.25) is 0 Å². The van der Waals surface area contributed by atoms with Crippen LogP contribution in [0.25, 0.3) is 0 Å². The standard InChI is InChI=1S/C21H27NO2/c1-15(2)18-8-6-7-9-19(18)24-14-20(23)22-17-12-10-16(11-13-17)21(3,4)5/h6-13,15H,14H2,1-5H3,(H,22,23). The van der Waals surface area contributed by atoms with E-state index in [1.165, 1.54) is 5.56 Å². The number of nitrogens with one attached hydrogen (secondary N) is 1. The number of carbonyl (C=O) groups excluding carboxylic acids is 1. The van der Waals surface area contributed by atoms with Gasteiger partial charge in [0.25, 0.3) is 5.91 Å². The van der Waals surface area contributed by atoms with Gasteiger partial charge in [-0.15, -0.1) is 0 Å². The molecule has 0 aromatic heterocycles. The summed E-state index contributed by atoms with van der Waals surface area (Å²) in [6.45, 7) is 10.7. The average molecular weight is 325 g/mol. The van der Waals surface area contributed by atoms with Gasteiger partial charge in [-0.3, -0.25) is 4.79 Å². The number of rotatable bonds is 5. The van der Waals surface area contributed by atoms with Gasteiger partial charge in [0.05, 0.1) is 0 Å². The van der Waals surface area contributed by atoms with Gasteiger partial charge in [0, 0.05) is 5.69 Å². The van der Waals surface area contributed by atoms with Crippen molar-refractivity contribution in [2.45, 2.75) is 46.0 Å². The van der Waals surface area contributed by atoms with Crippen molar-refractivity contribution in [2.24, 2.45) is 0 Å². The van der Waals surface area contributed by atoms with Crippen LogP contribution in [0.5, 0.6) is 5.75 Å². The molecule has 128 valence electrons. The third-order valence-electron chi connectivity index (χ3n) is 3.93. The molecular weight excluding hydrogens is 298 g/mol. The van der Waals surface area contributed by atoms with Gasteiger partial charge < -0.3 is 10.1 Å². The maximum absolute atomic E-state index is 12.1. The first-order valence-corrected chi connectivity index (χ1v) is 8.39. The molecule has 0 radical (unpaired) electrons. The van der Waals surface area contributed by atoms with E-state index in [9.17, 15) is 4.79 Å². The summed E-state index contributed by atoms with van der Waals surface area (Å²) in [5.74, 6) is 0.969. The van der Waals surface area contributed by atoms with E-state index in [0.717, 1.165) is 17.0 Å². The minimum atomic E-state index is -0.155. The zero-order valence-corrected chi connectivity index (χ0v) is 15.2. The van der Waals surface area contributed by atoms with Gasteiger partial charge in [-0.25, -0.2) is 0 Å². The van der Waals surface area contributed by atoms with Crippen LogP contribution in [0.1, 0.15) is 51.7 Å². The zero-order chi connectivity index (χ0) is 17.7. The lowest BCUT2D eigenvalue weighted by atomic mass is 9.87. The van der Waals surface area contributed by atoms with Crippen LogP contribution in [-0.2, 0) is 10.2 Å². The molecule has 0 unspecified atom stereocenters. The van der Waals surface area contributed by atoms with Crippen molar-refractivity contribution in [1.29, 1.82) is 0 Å². The minimum absolute atomic E-state index is 0.00472. The molecule has 0 aliphatic rings. The molecule has 2 rings (SSSR count). The summed E-state index contributed by atoms with van der Waals surface area (Å²) >= 11 is 0. The Morgan fingerprint density at radius 2 is 1.67 bits per heavy atom. The number of amides is 1. The Balaban J connectivity index is 1.95. The first-order valence-electron chi connectivity index (χ1n) is 8.39. The summed E-state index contributed by atoms with van der Waals surface area (Å²) in [5, 5.41) is 2.88. The highest BCUT2D eigenvalue weighted by Crippen LogP contribution is 2.26. The minimum Gasteiger partial charge on any atom is -0.483 e. The molecule has 3 heteroatoms. The number of para-hydroxylation sites is 1. The lowest BCUT2D eigenvalue weighted by Gasteiger charge is -2.19. The number of hydrogen-bond donors (Lipinski definition) is 1. The van der Waals surface area contributed by atoms with E-state index >= 15 is 0 Å². The molecule has 3 nitrogen and oxygen atoms in total. The molecule has 1 amide bonds. The molecule has 1 N–H and O–H groups in total. The van der Waals surface area contributed by atoms with Crippen molar-refractivity contribution < 1.29 is 9.53 Å². The number of anilines is 1. The zero-order valence-electron chi connectivity index (χ0n) is 15.2. The smallest absolute Gasteiger partial charge is 0.262 e. The molecule has 2 aromatic rings. The van der Waals surface area contributed by atoms with Crippen molar-refractivity contribution in [1.82, 2.24) is 0 Å². The van der Waals surface area contributed by atoms with Crippen LogP contribution in [0, 0.1) is 0 Å². The Morgan fingerprint density at radius 3 is 2.25 bits per heavy atom. The van der Waals surface area contributed by atoms with Crippen LogP contribution >= 0.6 is 0 Å². The van der Waals surface area contributed by atoms with E-state index in [1.807, 2.05) is 48.5 Å². The predicted octanol–water partition coefficient (Wildman–Crippen LogP) is 5.13. The fourth-order valence-corrected chi connectivity index (χ4v) is 2.48. The van der Waals surface area contributed by atoms with E-state index in [2.05, 4.69) is 39.9 Å². The van der Waals surface area contributed by atoms with Crippen LogP contribution in [-0.4, -0.2) is 12.5 Å². The maximum Gasteiger partial charge on any atom is 0.262 e. The van der Waals surface area contributed by atoms with Crippen molar-refractivity contribution in [3.8, 4) is 5.75 Å². The van der Waals surface area contributed by atoms with Gasteiger partial charge in [0.15, 0.2) is 6.61 Å². The number of benzene rings is 2. The quantitative estimate of drug-likeness (QED) is 0.828. The molecular formula is C21H27NO2. The average Bonchev–Trinajstić information content (AvgIpc) is 2.53. The molecule has 24 heavy (non-hydrogen) atoms. The Hall–Kier alpha value is -2.29. The molecule has 0 atom stereocenters. The van der Waals surface area contributed by atoms with Gasteiger partial charge in [-0.2, -0.15) is 0 Å². The first kappa shape index (κ1) is 18.1. The normalized spacial score (nSPS) is 11.4. The highest BCUT2D eigenvalue weighted by molar-refractivity contribution is 5.91. The topological polar surface area (TPSA) is 38.3 Å². The Kier molecular flexibility index (Phi) is 5.66. The van der Waals surface area contributed by atoms with E-state index in [-0.39, 0.29) is 17.9 Å². The van der Waals surface area contributed by atoms with E-state index in [4.69, 9.17) is 4.74 Å². The first-order chi connectivity index (χ1) is 11.3. The van der Waals surface area contributed by atoms with E-state index in [0.29, 0.717) is 5.92 Å². The molecule has 2 aromatic carbocycles. The maximum atomic E-state index is 12.1. The lowest BCUT2D eigenvalue weighted by molar-refractivity contribution is -0.118. The second-order valence-electron chi connectivity index (χ2n) is 7.36. The molecule has 0 heterocycles. The highest BCUT2D eigenvalue weighted by Gasteiger charge is 2.13. The van der Waals surface area contributed by atoms with Crippen LogP contribution in [0.2, 0.25) is 0 Å². The predicted molar refractivity (Wildman–Crippen MR) is 99.8 cm³/mol. The van der Waals surface area contributed by atoms with Crippen LogP contribution in [0.15, 0.2) is 48.5 Å². The second-order valence-corrected chi connectivity index (χ2v) is 7.36. The Bertz CT molecular complexity index is 682. The highest BCUT2D eigenvalue weighted by atomic mass is 16.5. The fraction of sp³-hybridized carbons (Fsp3) is 0.381. The number of ether oxygens (including phenoxy) is 1. The van der Waals surface area contributed by atoms with Crippen LogP contribution in [0.3, 0.4) is 0 Å². The summed E-state index contributed by atoms with van der Waals surface area (Å²) in [7, 11) is 0. The summed E-state index contributed by atoms with van der Waals surface area (Å²) in [5.41, 5.74) is 3.24. The van der Waals surface area contributed by atoms with E-state index in [1.54, 1.807) is 0 Å². The Morgan fingerprint density at radius 1 is 1.04 bits per heavy atom. The van der Waals surface area contributed by atoms with Crippen molar-refractivity contribution in [3.05, 3.63) is 59.7 Å². The largest absolute Gasteiger partial charge is 0.483 e. The summed E-state index contributed by atoms with van der Waals surface area (Å²) in [6, 6.07) is 15.8. The summed E-state index contributed by atoms with van der Waals surface area (Å²) in [6.07, 6.45) is 0. The van der Waals surface area contributed by atoms with Crippen LogP contribution in [0.4, 0.5) is 5.69 Å². The van der Waals surface area contributed by atoms with Gasteiger partial charge in [-0.05, 0) is 40.7 Å². The van der Waals surface area contributed by atoms with E-state index < -0.39 is 0 Å². The SMILES string of the molecule is CC(C)c1ccccc1OCC(=O)Nc1ccc(C(C)(C)C)cc1. The van der Waals surface area contributed by atoms with Crippen molar-refractivity contribution in [2.75, 3.05) is 11.9 Å². The fourth-order valence-electron chi connectivity index (χ4n) is 2.48. The van der Waals surface area contributed by atoms with Gasteiger partial charge in [0.1, 0.15) is 5.75 Å². The third-order valence-corrected chi connectivity index (χ3v) is 3.93. The molecule has 0 aliphatic heterocycles. The number of hydrogen-bond acceptors (Lipinski definition) is 2. The lowest BCUT2D eigenvalue weighted by Crippen LogP contribution is -2.20. The van der Waals surface area contributed by atoms with Crippen LogP contribution < -0.4 is 10.1 Å². The Labute approximate surface area is 145 Å². The molecule has 0 fully saturated rings. The summed E-state index contributed by atoms with van der Waals surface area (Å²) < 4.78 is 5.70. The monoisotopic (exact) mass is 325 g/mol.